The molecule has 7 nitrogen and oxygen atoms in total. The van der Waals surface area contributed by atoms with Crippen LogP contribution in [0.3, 0.4) is 0 Å². The van der Waals surface area contributed by atoms with Gasteiger partial charge in [-0.3, -0.25) is 14.5 Å². The fraction of sp³-hybridized carbons (Fsp3) is 0.206. The van der Waals surface area contributed by atoms with E-state index in [1.807, 2.05) is 65.2 Å². The molecule has 1 fully saturated rings. The molecule has 2 aliphatic rings. The first-order chi connectivity index (χ1) is 20.2. The van der Waals surface area contributed by atoms with Crippen molar-refractivity contribution in [1.29, 1.82) is 5.26 Å². The maximum Gasteiger partial charge on any atom is 0.326 e. The lowest BCUT2D eigenvalue weighted by molar-refractivity contribution is 0.180. The quantitative estimate of drug-likeness (QED) is 0.354. The summed E-state index contributed by atoms with van der Waals surface area (Å²) in [5, 5.41) is 11.2. The van der Waals surface area contributed by atoms with Gasteiger partial charge in [-0.15, -0.1) is 0 Å². The van der Waals surface area contributed by atoms with Crippen molar-refractivity contribution in [3.8, 4) is 6.07 Å². The number of hydrogen-bond donors (Lipinski definition) is 1. The number of fused-ring (bicyclic) bond motifs is 2. The van der Waals surface area contributed by atoms with E-state index in [-0.39, 0.29) is 17.9 Å². The number of benzene rings is 4. The van der Waals surface area contributed by atoms with E-state index >= 15 is 0 Å². The van der Waals surface area contributed by atoms with Gasteiger partial charge in [0, 0.05) is 42.8 Å². The molecule has 4 aromatic carbocycles. The van der Waals surface area contributed by atoms with Crippen molar-refractivity contribution in [2.75, 3.05) is 18.0 Å². The Morgan fingerprint density at radius 3 is 2.44 bits per heavy atom. The van der Waals surface area contributed by atoms with Gasteiger partial charge in [0.2, 0.25) is 0 Å². The number of aromatic amines is 1. The van der Waals surface area contributed by atoms with Crippen LogP contribution in [0.4, 0.5) is 5.69 Å². The number of nitriles is 1. The normalized spacial score (nSPS) is 17.4. The molecule has 1 saturated heterocycles. The molecule has 0 bridgehead atoms. The van der Waals surface area contributed by atoms with E-state index in [4.69, 9.17) is 4.99 Å². The lowest BCUT2D eigenvalue weighted by atomic mass is 10.0. The van der Waals surface area contributed by atoms with Crippen LogP contribution in [0.25, 0.3) is 17.2 Å². The minimum atomic E-state index is -0.186. The molecule has 202 valence electrons. The molecule has 3 heterocycles. The lowest BCUT2D eigenvalue weighted by Gasteiger charge is -2.33. The molecule has 7 heteroatoms. The fourth-order valence-electron chi connectivity index (χ4n) is 6.14. The standard InChI is InChI=1S/C34H30N6O/c35-21-25-12-15-30-27(20-25)23-39(33(36-30)26-6-2-1-3-7-26)28-13-10-24(11-14-28)22-38-18-16-29(17-19-38)40-32-9-5-4-8-31(32)37-34(40)41/h1-15,20,23,29,33H,16-19,22H2,(H,37,41). The van der Waals surface area contributed by atoms with E-state index in [1.54, 1.807) is 0 Å². The number of nitrogens with zero attached hydrogens (tertiary/aromatic N) is 5. The van der Waals surface area contributed by atoms with Gasteiger partial charge in [-0.2, -0.15) is 5.26 Å². The Hall–Kier alpha value is -4.93. The third-order valence-electron chi connectivity index (χ3n) is 8.24. The molecular weight excluding hydrogens is 508 g/mol. The van der Waals surface area contributed by atoms with Crippen molar-refractivity contribution in [1.82, 2.24) is 14.5 Å². The van der Waals surface area contributed by atoms with Crippen molar-refractivity contribution in [3.05, 3.63) is 135 Å². The molecule has 1 unspecified atom stereocenters. The van der Waals surface area contributed by atoms with E-state index in [9.17, 15) is 10.1 Å². The Bertz CT molecular complexity index is 1930. The Morgan fingerprint density at radius 1 is 0.902 bits per heavy atom. The smallest absolute Gasteiger partial charge is 0.321 e. The van der Waals surface area contributed by atoms with Gasteiger partial charge in [-0.1, -0.05) is 54.6 Å². The van der Waals surface area contributed by atoms with Crippen LogP contribution in [-0.2, 0) is 6.54 Å². The summed E-state index contributed by atoms with van der Waals surface area (Å²) in [6, 6.07) is 35.1. The molecular formula is C34H30N6O. The van der Waals surface area contributed by atoms with E-state index < -0.39 is 0 Å². The van der Waals surface area contributed by atoms with E-state index in [2.05, 4.69) is 63.5 Å². The summed E-state index contributed by atoms with van der Waals surface area (Å²) >= 11 is 0. The lowest BCUT2D eigenvalue weighted by Crippen LogP contribution is -2.38. The minimum absolute atomic E-state index is 0.0123. The summed E-state index contributed by atoms with van der Waals surface area (Å²) < 4.78 is 1.95. The van der Waals surface area contributed by atoms with Crippen molar-refractivity contribution in [3.63, 3.8) is 0 Å². The molecule has 1 atom stereocenters. The van der Waals surface area contributed by atoms with Crippen LogP contribution in [0, 0.1) is 11.3 Å². The summed E-state index contributed by atoms with van der Waals surface area (Å²) in [7, 11) is 0. The number of nitrogens with one attached hydrogen (secondary N) is 1. The predicted molar refractivity (Wildman–Crippen MR) is 161 cm³/mol. The number of H-pyrrole nitrogens is 1. The van der Waals surface area contributed by atoms with Crippen molar-refractivity contribution in [2.45, 2.75) is 31.6 Å². The largest absolute Gasteiger partial charge is 0.326 e. The number of anilines is 1. The second-order valence-electron chi connectivity index (χ2n) is 10.8. The Balaban J connectivity index is 1.09. The molecule has 7 rings (SSSR count). The summed E-state index contributed by atoms with van der Waals surface area (Å²) in [6.45, 7) is 2.77. The first-order valence-electron chi connectivity index (χ1n) is 14.1. The second-order valence-corrected chi connectivity index (χ2v) is 10.8. The molecule has 0 saturated carbocycles. The number of aromatic nitrogens is 2. The van der Waals surface area contributed by atoms with Crippen LogP contribution in [0.5, 0.6) is 0 Å². The molecule has 41 heavy (non-hydrogen) atoms. The molecule has 0 spiro atoms. The van der Waals surface area contributed by atoms with Crippen LogP contribution < -0.4 is 21.2 Å². The molecule has 1 N–H and O–H groups in total. The SMILES string of the molecule is N#Cc1ccc2c(c1)=CN(c1ccc(CN3CCC(n4c(=O)[nH]c5ccccc54)CC3)cc1)C(c1ccccc1)N=2. The highest BCUT2D eigenvalue weighted by Crippen LogP contribution is 2.31. The average Bonchev–Trinajstić information content (AvgIpc) is 3.37. The molecule has 0 radical (unpaired) electrons. The highest BCUT2D eigenvalue weighted by atomic mass is 16.1. The molecule has 0 amide bonds. The van der Waals surface area contributed by atoms with Crippen LogP contribution in [0.2, 0.25) is 0 Å². The van der Waals surface area contributed by atoms with Gasteiger partial charge in [0.15, 0.2) is 6.17 Å². The fourth-order valence-corrected chi connectivity index (χ4v) is 6.14. The Kier molecular flexibility index (Phi) is 6.46. The van der Waals surface area contributed by atoms with E-state index in [0.29, 0.717) is 5.56 Å². The van der Waals surface area contributed by atoms with Gasteiger partial charge in [0.1, 0.15) is 0 Å². The van der Waals surface area contributed by atoms with Gasteiger partial charge < -0.3 is 9.88 Å². The van der Waals surface area contributed by atoms with Crippen LogP contribution >= 0.6 is 0 Å². The third-order valence-corrected chi connectivity index (χ3v) is 8.24. The second kappa shape index (κ2) is 10.6. The Labute approximate surface area is 237 Å². The van der Waals surface area contributed by atoms with Gasteiger partial charge in [0.25, 0.3) is 0 Å². The zero-order chi connectivity index (χ0) is 27.8. The van der Waals surface area contributed by atoms with Gasteiger partial charge >= 0.3 is 5.69 Å². The van der Waals surface area contributed by atoms with Crippen molar-refractivity contribution in [2.24, 2.45) is 4.99 Å². The predicted octanol–water partition coefficient (Wildman–Crippen LogP) is 4.61. The van der Waals surface area contributed by atoms with E-state index in [0.717, 1.165) is 65.3 Å². The number of imidazole rings is 1. The van der Waals surface area contributed by atoms with Gasteiger partial charge in [0.05, 0.1) is 28.0 Å². The minimum Gasteiger partial charge on any atom is -0.321 e. The monoisotopic (exact) mass is 538 g/mol. The topological polar surface area (TPSA) is 80.4 Å². The van der Waals surface area contributed by atoms with Crippen molar-refractivity contribution >= 4 is 22.9 Å². The molecule has 2 aliphatic heterocycles. The summed E-state index contributed by atoms with van der Waals surface area (Å²) in [6.07, 6.45) is 3.82. The number of hydrogen-bond acceptors (Lipinski definition) is 5. The number of rotatable bonds is 5. The maximum absolute atomic E-state index is 12.7. The maximum atomic E-state index is 12.7. The summed E-state index contributed by atoms with van der Waals surface area (Å²) in [5.41, 5.74) is 5.93. The summed E-state index contributed by atoms with van der Waals surface area (Å²) in [4.78, 5) is 25.4. The first-order valence-corrected chi connectivity index (χ1v) is 14.1. The zero-order valence-corrected chi connectivity index (χ0v) is 22.6. The van der Waals surface area contributed by atoms with Crippen LogP contribution in [0.15, 0.2) is 107 Å². The molecule has 5 aromatic rings. The third kappa shape index (κ3) is 4.83. The first kappa shape index (κ1) is 25.1. The van der Waals surface area contributed by atoms with Gasteiger partial charge in [-0.25, -0.2) is 4.79 Å². The summed E-state index contributed by atoms with van der Waals surface area (Å²) in [5.74, 6) is 0. The molecule has 0 aliphatic carbocycles. The highest BCUT2D eigenvalue weighted by molar-refractivity contribution is 5.75. The van der Waals surface area contributed by atoms with Gasteiger partial charge in [-0.05, 0) is 66.4 Å². The number of piperidine rings is 1. The van der Waals surface area contributed by atoms with Crippen molar-refractivity contribution < 1.29 is 0 Å². The van der Waals surface area contributed by atoms with E-state index in [1.165, 1.54) is 5.56 Å². The Morgan fingerprint density at radius 2 is 1.66 bits per heavy atom. The van der Waals surface area contributed by atoms with Crippen LogP contribution in [-0.4, -0.2) is 27.5 Å². The highest BCUT2D eigenvalue weighted by Gasteiger charge is 2.24. The zero-order valence-electron chi connectivity index (χ0n) is 22.6. The van der Waals surface area contributed by atoms with Crippen LogP contribution in [0.1, 0.15) is 41.7 Å². The number of para-hydroxylation sites is 2. The molecule has 1 aromatic heterocycles. The average molecular weight is 539 g/mol. The number of likely N-dealkylation sites (tertiary alicyclic amines) is 1.